The van der Waals surface area contributed by atoms with Gasteiger partial charge in [-0.3, -0.25) is 9.59 Å². The van der Waals surface area contributed by atoms with Gasteiger partial charge in [0.1, 0.15) is 6.54 Å². The molecular weight excluding hydrogens is 322 g/mol. The van der Waals surface area contributed by atoms with Crippen LogP contribution in [0.15, 0.2) is 18.9 Å². The standard InChI is InChI=1S/C18H29N3O2S/c1-4-6-7-8-9-10-11-17(23)21(12-5-2)14-16(22)20-18-19-13-15(3)24-18/h5,13H,2,4,6-12,14H2,1,3H3,(H,19,20,22). The Kier molecular flexibility index (Phi) is 10.00. The molecule has 5 nitrogen and oxygen atoms in total. The molecule has 24 heavy (non-hydrogen) atoms. The maximum absolute atomic E-state index is 12.3. The number of hydrogen-bond donors (Lipinski definition) is 1. The van der Waals surface area contributed by atoms with Gasteiger partial charge in [0.25, 0.3) is 0 Å². The molecule has 1 aromatic rings. The van der Waals surface area contributed by atoms with E-state index in [4.69, 9.17) is 0 Å². The highest BCUT2D eigenvalue weighted by Gasteiger charge is 2.16. The van der Waals surface area contributed by atoms with Crippen LogP contribution >= 0.6 is 11.3 Å². The van der Waals surface area contributed by atoms with E-state index < -0.39 is 0 Å². The van der Waals surface area contributed by atoms with Gasteiger partial charge in [-0.25, -0.2) is 4.98 Å². The number of unbranched alkanes of at least 4 members (excludes halogenated alkanes) is 5. The smallest absolute Gasteiger partial charge is 0.245 e. The van der Waals surface area contributed by atoms with E-state index >= 15 is 0 Å². The molecule has 0 aliphatic carbocycles. The fraction of sp³-hybridized carbons (Fsp3) is 0.611. The molecule has 0 aliphatic rings. The number of nitrogens with zero attached hydrogens (tertiary/aromatic N) is 2. The molecule has 0 unspecified atom stereocenters. The summed E-state index contributed by atoms with van der Waals surface area (Å²) in [6.07, 6.45) is 10.7. The van der Waals surface area contributed by atoms with Gasteiger partial charge in [-0.2, -0.15) is 0 Å². The van der Waals surface area contributed by atoms with Crippen LogP contribution in [0.5, 0.6) is 0 Å². The predicted octanol–water partition coefficient (Wildman–Crippen LogP) is 4.16. The monoisotopic (exact) mass is 351 g/mol. The average molecular weight is 352 g/mol. The fourth-order valence-corrected chi connectivity index (χ4v) is 3.05. The van der Waals surface area contributed by atoms with Gasteiger partial charge in [-0.15, -0.1) is 17.9 Å². The van der Waals surface area contributed by atoms with Gasteiger partial charge in [0, 0.05) is 24.0 Å². The third-order valence-corrected chi connectivity index (χ3v) is 4.48. The zero-order valence-electron chi connectivity index (χ0n) is 14.8. The third kappa shape index (κ3) is 8.24. The Labute approximate surface area is 149 Å². The quantitative estimate of drug-likeness (QED) is 0.454. The number of hydrogen-bond acceptors (Lipinski definition) is 4. The molecule has 1 N–H and O–H groups in total. The number of aryl methyl sites for hydroxylation is 1. The summed E-state index contributed by atoms with van der Waals surface area (Å²) in [7, 11) is 0. The molecular formula is C18H29N3O2S. The first-order valence-electron chi connectivity index (χ1n) is 8.67. The van der Waals surface area contributed by atoms with Gasteiger partial charge < -0.3 is 10.2 Å². The highest BCUT2D eigenvalue weighted by Crippen LogP contribution is 2.16. The van der Waals surface area contributed by atoms with E-state index in [2.05, 4.69) is 23.8 Å². The Balaban J connectivity index is 2.36. The average Bonchev–Trinajstić information content (AvgIpc) is 2.95. The third-order valence-electron chi connectivity index (χ3n) is 3.65. The number of rotatable bonds is 12. The van der Waals surface area contributed by atoms with E-state index in [-0.39, 0.29) is 18.4 Å². The zero-order chi connectivity index (χ0) is 17.8. The molecule has 0 saturated carbocycles. The van der Waals surface area contributed by atoms with Crippen molar-refractivity contribution in [3.8, 4) is 0 Å². The summed E-state index contributed by atoms with van der Waals surface area (Å²) < 4.78 is 0. The molecule has 0 bridgehead atoms. The fourth-order valence-electron chi connectivity index (χ4n) is 2.37. The first-order chi connectivity index (χ1) is 11.6. The van der Waals surface area contributed by atoms with Crippen LogP contribution in [0.4, 0.5) is 5.13 Å². The van der Waals surface area contributed by atoms with Crippen LogP contribution in [0.3, 0.4) is 0 Å². The Hall–Kier alpha value is -1.69. The molecule has 134 valence electrons. The van der Waals surface area contributed by atoms with Crippen molar-refractivity contribution >= 4 is 28.3 Å². The Morgan fingerprint density at radius 2 is 2.00 bits per heavy atom. The lowest BCUT2D eigenvalue weighted by molar-refractivity contribution is -0.134. The number of anilines is 1. The van der Waals surface area contributed by atoms with Crippen LogP contribution in [0, 0.1) is 6.92 Å². The summed E-state index contributed by atoms with van der Waals surface area (Å²) in [6.45, 7) is 8.22. The molecule has 0 radical (unpaired) electrons. The minimum absolute atomic E-state index is 0.0101. The number of aromatic nitrogens is 1. The molecule has 0 spiro atoms. The number of amides is 2. The summed E-state index contributed by atoms with van der Waals surface area (Å²) in [5.74, 6) is -0.210. The van der Waals surface area contributed by atoms with E-state index in [0.29, 0.717) is 18.1 Å². The minimum Gasteiger partial charge on any atom is -0.330 e. The van der Waals surface area contributed by atoms with E-state index in [1.165, 1.54) is 37.0 Å². The lowest BCUT2D eigenvalue weighted by Gasteiger charge is -2.20. The molecule has 1 heterocycles. The minimum atomic E-state index is -0.220. The normalized spacial score (nSPS) is 10.4. The van der Waals surface area contributed by atoms with Gasteiger partial charge in [0.15, 0.2) is 5.13 Å². The summed E-state index contributed by atoms with van der Waals surface area (Å²) in [6, 6.07) is 0. The van der Waals surface area contributed by atoms with Crippen molar-refractivity contribution in [2.24, 2.45) is 0 Å². The Bertz CT molecular complexity index is 528. The van der Waals surface area contributed by atoms with Crippen LogP contribution in [-0.2, 0) is 9.59 Å². The van der Waals surface area contributed by atoms with E-state index in [0.717, 1.165) is 17.7 Å². The molecule has 1 rings (SSSR count). The first kappa shape index (κ1) is 20.4. The van der Waals surface area contributed by atoms with Crippen molar-refractivity contribution < 1.29 is 9.59 Å². The van der Waals surface area contributed by atoms with Crippen molar-refractivity contribution in [1.82, 2.24) is 9.88 Å². The number of carbonyl (C=O) groups excluding carboxylic acids is 2. The second kappa shape index (κ2) is 11.8. The van der Waals surface area contributed by atoms with Gasteiger partial charge in [-0.05, 0) is 13.3 Å². The Morgan fingerprint density at radius 1 is 1.29 bits per heavy atom. The summed E-state index contributed by atoms with van der Waals surface area (Å²) in [5, 5.41) is 3.31. The topological polar surface area (TPSA) is 62.3 Å². The first-order valence-corrected chi connectivity index (χ1v) is 9.49. The molecule has 0 aliphatic heterocycles. The molecule has 0 saturated heterocycles. The van der Waals surface area contributed by atoms with Crippen LogP contribution in [-0.4, -0.2) is 34.8 Å². The van der Waals surface area contributed by atoms with Crippen molar-refractivity contribution in [3.05, 3.63) is 23.7 Å². The maximum Gasteiger partial charge on any atom is 0.245 e. The zero-order valence-corrected chi connectivity index (χ0v) is 15.7. The van der Waals surface area contributed by atoms with E-state index in [1.54, 1.807) is 17.2 Å². The molecule has 6 heteroatoms. The van der Waals surface area contributed by atoms with Crippen molar-refractivity contribution in [2.75, 3.05) is 18.4 Å². The summed E-state index contributed by atoms with van der Waals surface area (Å²) in [5.41, 5.74) is 0. The van der Waals surface area contributed by atoms with E-state index in [9.17, 15) is 9.59 Å². The molecule has 0 atom stereocenters. The molecule has 2 amide bonds. The van der Waals surface area contributed by atoms with Crippen LogP contribution in [0.2, 0.25) is 0 Å². The van der Waals surface area contributed by atoms with E-state index in [1.807, 2.05) is 6.92 Å². The molecule has 0 fully saturated rings. The van der Waals surface area contributed by atoms with Crippen LogP contribution < -0.4 is 5.32 Å². The molecule has 0 aromatic carbocycles. The summed E-state index contributed by atoms with van der Waals surface area (Å²) >= 11 is 1.42. The Morgan fingerprint density at radius 3 is 2.62 bits per heavy atom. The lowest BCUT2D eigenvalue weighted by atomic mass is 10.1. The van der Waals surface area contributed by atoms with Gasteiger partial charge in [0.05, 0.1) is 0 Å². The SMILES string of the molecule is C=CCN(CC(=O)Nc1ncc(C)s1)C(=O)CCCCCCCC. The maximum atomic E-state index is 12.3. The van der Waals surface area contributed by atoms with Crippen LogP contribution in [0.1, 0.15) is 56.7 Å². The lowest BCUT2D eigenvalue weighted by Crippen LogP contribution is -2.38. The van der Waals surface area contributed by atoms with Crippen molar-refractivity contribution in [1.29, 1.82) is 0 Å². The second-order valence-electron chi connectivity index (χ2n) is 5.90. The van der Waals surface area contributed by atoms with Gasteiger partial charge in [-0.1, -0.05) is 45.1 Å². The second-order valence-corrected chi connectivity index (χ2v) is 7.14. The molecule has 1 aromatic heterocycles. The van der Waals surface area contributed by atoms with Crippen LogP contribution in [0.25, 0.3) is 0 Å². The van der Waals surface area contributed by atoms with Crippen molar-refractivity contribution in [3.63, 3.8) is 0 Å². The van der Waals surface area contributed by atoms with Crippen molar-refractivity contribution in [2.45, 2.75) is 58.8 Å². The largest absolute Gasteiger partial charge is 0.330 e. The number of nitrogens with one attached hydrogen (secondary N) is 1. The van der Waals surface area contributed by atoms with Gasteiger partial charge in [0.2, 0.25) is 11.8 Å². The highest BCUT2D eigenvalue weighted by atomic mass is 32.1. The highest BCUT2D eigenvalue weighted by molar-refractivity contribution is 7.15. The number of thiazole rings is 1. The predicted molar refractivity (Wildman–Crippen MR) is 100 cm³/mol. The van der Waals surface area contributed by atoms with Gasteiger partial charge >= 0.3 is 0 Å². The summed E-state index contributed by atoms with van der Waals surface area (Å²) in [4.78, 5) is 31.1. The number of carbonyl (C=O) groups is 2.